The maximum Gasteiger partial charge on any atom is 0.290 e. The summed E-state index contributed by atoms with van der Waals surface area (Å²) in [5.74, 6) is -0.289. The standard InChI is InChI=1S/C18H16N2O2S/c1-2-20-14-6-4-3-5-12(14)13-9-11(7-8-15(13)20)10-16-17(21)19-18(22)23-16/h3-6,9-10H,2,7-8H2,1H3,(H,19,21,22)/b16-10-. The number of aromatic nitrogens is 1. The molecule has 2 amide bonds. The summed E-state index contributed by atoms with van der Waals surface area (Å²) in [6, 6.07) is 8.43. The first-order valence-corrected chi connectivity index (χ1v) is 8.54. The van der Waals surface area contributed by atoms with Gasteiger partial charge < -0.3 is 4.57 Å². The summed E-state index contributed by atoms with van der Waals surface area (Å²) in [4.78, 5) is 23.5. The molecular formula is C18H16N2O2S. The van der Waals surface area contributed by atoms with E-state index in [9.17, 15) is 9.59 Å². The molecule has 0 unspecified atom stereocenters. The van der Waals surface area contributed by atoms with E-state index in [2.05, 4.69) is 47.1 Å². The summed E-state index contributed by atoms with van der Waals surface area (Å²) >= 11 is 0.977. The van der Waals surface area contributed by atoms with Crippen LogP contribution in [0.25, 0.3) is 17.0 Å². The van der Waals surface area contributed by atoms with Crippen LogP contribution in [0.2, 0.25) is 0 Å². The second-order valence-corrected chi connectivity index (χ2v) is 6.71. The van der Waals surface area contributed by atoms with Gasteiger partial charge in [0.05, 0.1) is 4.91 Å². The van der Waals surface area contributed by atoms with Crippen LogP contribution in [0.15, 0.2) is 40.8 Å². The Morgan fingerprint density at radius 2 is 2.09 bits per heavy atom. The second-order valence-electron chi connectivity index (χ2n) is 5.69. The van der Waals surface area contributed by atoms with Crippen molar-refractivity contribution in [3.05, 3.63) is 52.1 Å². The van der Waals surface area contributed by atoms with Crippen LogP contribution in [0, 0.1) is 0 Å². The van der Waals surface area contributed by atoms with E-state index in [-0.39, 0.29) is 11.1 Å². The van der Waals surface area contributed by atoms with Gasteiger partial charge in [-0.3, -0.25) is 14.9 Å². The molecule has 1 fully saturated rings. The molecule has 1 saturated heterocycles. The molecule has 2 aromatic rings. The second kappa shape index (κ2) is 5.42. The van der Waals surface area contributed by atoms with Crippen LogP contribution in [0.5, 0.6) is 0 Å². The van der Waals surface area contributed by atoms with E-state index in [0.717, 1.165) is 36.7 Å². The molecular weight excluding hydrogens is 308 g/mol. The van der Waals surface area contributed by atoms with Gasteiger partial charge in [0.15, 0.2) is 0 Å². The molecule has 1 aliphatic carbocycles. The van der Waals surface area contributed by atoms with Gasteiger partial charge in [-0.1, -0.05) is 18.2 Å². The molecule has 2 heterocycles. The smallest absolute Gasteiger partial charge is 0.290 e. The number of para-hydroxylation sites is 1. The van der Waals surface area contributed by atoms with Crippen LogP contribution in [0.3, 0.4) is 0 Å². The Morgan fingerprint density at radius 1 is 1.26 bits per heavy atom. The number of carbonyl (C=O) groups excluding carboxylic acids is 2. The minimum absolute atomic E-state index is 0.289. The zero-order chi connectivity index (χ0) is 16.0. The number of hydrogen-bond acceptors (Lipinski definition) is 3. The topological polar surface area (TPSA) is 51.1 Å². The first-order chi connectivity index (χ1) is 11.2. The number of rotatable bonds is 2. The van der Waals surface area contributed by atoms with E-state index in [0.29, 0.717) is 4.91 Å². The molecule has 0 saturated carbocycles. The highest BCUT2D eigenvalue weighted by Crippen LogP contribution is 2.35. The first kappa shape index (κ1) is 14.3. The van der Waals surface area contributed by atoms with Gasteiger partial charge in [0.2, 0.25) is 0 Å². The van der Waals surface area contributed by atoms with Crippen molar-refractivity contribution in [2.45, 2.75) is 26.3 Å². The van der Waals surface area contributed by atoms with Gasteiger partial charge in [-0.2, -0.15) is 0 Å². The molecule has 116 valence electrons. The summed E-state index contributed by atoms with van der Waals surface area (Å²) in [5.41, 5.74) is 4.96. The number of hydrogen-bond donors (Lipinski definition) is 1. The molecule has 0 spiro atoms. The number of imide groups is 1. The van der Waals surface area contributed by atoms with E-state index >= 15 is 0 Å². The van der Waals surface area contributed by atoms with E-state index in [1.165, 1.54) is 22.2 Å². The molecule has 0 bridgehead atoms. The third-order valence-corrected chi connectivity index (χ3v) is 5.19. The Bertz CT molecular complexity index is 905. The van der Waals surface area contributed by atoms with Crippen molar-refractivity contribution in [2.75, 3.05) is 0 Å². The lowest BCUT2D eigenvalue weighted by Gasteiger charge is -2.14. The summed E-state index contributed by atoms with van der Waals surface area (Å²) in [5, 5.41) is 3.26. The molecule has 0 atom stereocenters. The molecule has 4 rings (SSSR count). The lowest BCUT2D eigenvalue weighted by atomic mass is 9.95. The van der Waals surface area contributed by atoms with Crippen molar-refractivity contribution in [2.24, 2.45) is 0 Å². The Balaban J connectivity index is 1.82. The Hall–Kier alpha value is -2.27. The monoisotopic (exact) mass is 324 g/mol. The highest BCUT2D eigenvalue weighted by atomic mass is 32.2. The number of thioether (sulfide) groups is 1. The number of nitrogens with zero attached hydrogens (tertiary/aromatic N) is 1. The average Bonchev–Trinajstić information content (AvgIpc) is 3.04. The predicted octanol–water partition coefficient (Wildman–Crippen LogP) is 3.86. The maximum atomic E-state index is 11.7. The summed E-state index contributed by atoms with van der Waals surface area (Å²) in [6.45, 7) is 3.12. The van der Waals surface area contributed by atoms with Crippen LogP contribution < -0.4 is 5.32 Å². The molecule has 5 heteroatoms. The van der Waals surface area contributed by atoms with Crippen LogP contribution in [-0.4, -0.2) is 15.7 Å². The molecule has 1 aromatic carbocycles. The van der Waals surface area contributed by atoms with Gasteiger partial charge in [-0.25, -0.2) is 0 Å². The van der Waals surface area contributed by atoms with Gasteiger partial charge >= 0.3 is 0 Å². The van der Waals surface area contributed by atoms with Crippen molar-refractivity contribution < 1.29 is 9.59 Å². The number of amides is 2. The molecule has 4 nitrogen and oxygen atoms in total. The van der Waals surface area contributed by atoms with E-state index < -0.39 is 0 Å². The van der Waals surface area contributed by atoms with Crippen molar-refractivity contribution in [1.29, 1.82) is 0 Å². The van der Waals surface area contributed by atoms with Crippen molar-refractivity contribution in [1.82, 2.24) is 9.88 Å². The normalized spacial score (nSPS) is 19.2. The Morgan fingerprint density at radius 3 is 2.83 bits per heavy atom. The highest BCUT2D eigenvalue weighted by molar-refractivity contribution is 8.18. The molecule has 1 aromatic heterocycles. The Kier molecular flexibility index (Phi) is 3.38. The van der Waals surface area contributed by atoms with Crippen LogP contribution >= 0.6 is 11.8 Å². The fourth-order valence-corrected chi connectivity index (χ4v) is 4.10. The number of aryl methyl sites for hydroxylation is 1. The number of nitrogens with one attached hydrogen (secondary N) is 1. The molecule has 1 N–H and O–H groups in total. The molecule has 1 aliphatic heterocycles. The number of fused-ring (bicyclic) bond motifs is 3. The third-order valence-electron chi connectivity index (χ3n) is 4.38. The van der Waals surface area contributed by atoms with Crippen LogP contribution in [0.4, 0.5) is 4.79 Å². The van der Waals surface area contributed by atoms with Crippen molar-refractivity contribution in [3.8, 4) is 0 Å². The minimum atomic E-state index is -0.291. The maximum absolute atomic E-state index is 11.7. The van der Waals surface area contributed by atoms with E-state index in [1.807, 2.05) is 6.08 Å². The van der Waals surface area contributed by atoms with Gasteiger partial charge in [-0.15, -0.1) is 0 Å². The predicted molar refractivity (Wildman–Crippen MR) is 93.1 cm³/mol. The minimum Gasteiger partial charge on any atom is -0.344 e. The summed E-state index contributed by atoms with van der Waals surface area (Å²) < 4.78 is 2.37. The van der Waals surface area contributed by atoms with Crippen LogP contribution in [-0.2, 0) is 17.8 Å². The molecule has 2 aliphatic rings. The number of benzene rings is 1. The quantitative estimate of drug-likeness (QED) is 0.854. The number of carbonyl (C=O) groups is 2. The van der Waals surface area contributed by atoms with Gasteiger partial charge in [-0.05, 0) is 55.3 Å². The average molecular weight is 324 g/mol. The summed E-state index contributed by atoms with van der Waals surface area (Å²) in [6.07, 6.45) is 5.85. The first-order valence-electron chi connectivity index (χ1n) is 7.73. The van der Waals surface area contributed by atoms with Gasteiger partial charge in [0, 0.05) is 28.7 Å². The number of allylic oxidation sites excluding steroid dienone is 2. The van der Waals surface area contributed by atoms with Crippen molar-refractivity contribution in [3.63, 3.8) is 0 Å². The highest BCUT2D eigenvalue weighted by Gasteiger charge is 2.26. The largest absolute Gasteiger partial charge is 0.344 e. The summed E-state index contributed by atoms with van der Waals surface area (Å²) in [7, 11) is 0. The zero-order valence-electron chi connectivity index (χ0n) is 12.8. The van der Waals surface area contributed by atoms with Gasteiger partial charge in [0.1, 0.15) is 0 Å². The van der Waals surface area contributed by atoms with Gasteiger partial charge in [0.25, 0.3) is 11.1 Å². The fraction of sp³-hybridized carbons (Fsp3) is 0.222. The van der Waals surface area contributed by atoms with Crippen molar-refractivity contribution >= 4 is 39.9 Å². The lowest BCUT2D eigenvalue weighted by Crippen LogP contribution is -2.18. The third kappa shape index (κ3) is 2.32. The Labute approximate surface area is 138 Å². The fourth-order valence-electron chi connectivity index (χ4n) is 3.40. The zero-order valence-corrected chi connectivity index (χ0v) is 13.6. The molecule has 23 heavy (non-hydrogen) atoms. The van der Waals surface area contributed by atoms with E-state index in [1.54, 1.807) is 0 Å². The van der Waals surface area contributed by atoms with Crippen LogP contribution in [0.1, 0.15) is 24.6 Å². The van der Waals surface area contributed by atoms with E-state index in [4.69, 9.17) is 0 Å². The lowest BCUT2D eigenvalue weighted by molar-refractivity contribution is -0.115. The SMILES string of the molecule is CCn1c2c(c3ccccc31)C=C(/C=C1\SC(=O)NC1=O)CC2. The molecule has 0 radical (unpaired) electrons.